The Morgan fingerprint density at radius 1 is 0.516 bits per heavy atom. The molecule has 1 rings (SSSR count). The van der Waals surface area contributed by atoms with Crippen molar-refractivity contribution in [2.75, 3.05) is 26.4 Å². The fourth-order valence-corrected chi connectivity index (χ4v) is 6.79. The quantitative estimate of drug-likeness (QED) is 0.0270. The number of unbranched alkanes of at least 4 members (excludes halogenated alkanes) is 13. The Hall–Kier alpha value is -2.89. The summed E-state index contributed by atoms with van der Waals surface area (Å²) in [5.74, 6) is -0.396. The molecule has 0 aromatic carbocycles. The average molecular weight is 869 g/mol. The third-order valence-corrected chi connectivity index (χ3v) is 10.5. The van der Waals surface area contributed by atoms with Crippen molar-refractivity contribution < 1.29 is 44.2 Å². The summed E-state index contributed by atoms with van der Waals surface area (Å²) in [4.78, 5) is 12.7. The van der Waals surface area contributed by atoms with Gasteiger partial charge in [0.15, 0.2) is 6.29 Å². The smallest absolute Gasteiger partial charge is 0.306 e. The van der Waals surface area contributed by atoms with Gasteiger partial charge in [-0.05, 0) is 77.0 Å². The molecule has 0 aromatic rings. The summed E-state index contributed by atoms with van der Waals surface area (Å²) in [5.41, 5.74) is 0. The summed E-state index contributed by atoms with van der Waals surface area (Å²) in [5, 5.41) is 40.1. The maximum absolute atomic E-state index is 12.7. The van der Waals surface area contributed by atoms with E-state index in [0.29, 0.717) is 13.0 Å². The van der Waals surface area contributed by atoms with Gasteiger partial charge >= 0.3 is 5.97 Å². The highest BCUT2D eigenvalue weighted by molar-refractivity contribution is 5.69. The number of rotatable bonds is 40. The number of allylic oxidation sites excluding steroid dienone is 16. The summed E-state index contributed by atoms with van der Waals surface area (Å²) in [6, 6.07) is 0. The number of aliphatic hydroxyl groups excluding tert-OH is 4. The molecule has 0 saturated carbocycles. The van der Waals surface area contributed by atoms with Crippen LogP contribution in [-0.4, -0.2) is 89.6 Å². The molecule has 6 unspecified atom stereocenters. The Bertz CT molecular complexity index is 1260. The van der Waals surface area contributed by atoms with E-state index >= 15 is 0 Å². The number of hydrogen-bond donors (Lipinski definition) is 4. The molecule has 1 aliphatic rings. The maximum Gasteiger partial charge on any atom is 0.306 e. The van der Waals surface area contributed by atoms with Crippen LogP contribution in [-0.2, 0) is 23.7 Å². The van der Waals surface area contributed by atoms with Crippen molar-refractivity contribution >= 4 is 5.97 Å². The molecule has 1 saturated heterocycles. The third-order valence-electron chi connectivity index (χ3n) is 10.5. The summed E-state index contributed by atoms with van der Waals surface area (Å²) in [6.07, 6.45) is 53.2. The molecule has 0 aromatic heterocycles. The zero-order chi connectivity index (χ0) is 45.0. The molecule has 0 radical (unpaired) electrons. The van der Waals surface area contributed by atoms with Gasteiger partial charge in [-0.3, -0.25) is 4.79 Å². The summed E-state index contributed by atoms with van der Waals surface area (Å²) in [7, 11) is 0. The predicted molar refractivity (Wildman–Crippen MR) is 256 cm³/mol. The fourth-order valence-electron chi connectivity index (χ4n) is 6.79. The molecular weight excluding hydrogens is 781 g/mol. The Balaban J connectivity index is 2.20. The number of carbonyl (C=O) groups excluding carboxylic acids is 1. The highest BCUT2D eigenvalue weighted by Gasteiger charge is 2.44. The van der Waals surface area contributed by atoms with E-state index < -0.39 is 49.4 Å². The van der Waals surface area contributed by atoms with Crippen LogP contribution in [0.1, 0.15) is 168 Å². The molecule has 9 nitrogen and oxygen atoms in total. The van der Waals surface area contributed by atoms with Crippen molar-refractivity contribution in [3.05, 3.63) is 97.2 Å². The number of hydrogen-bond acceptors (Lipinski definition) is 9. The second-order valence-electron chi connectivity index (χ2n) is 16.1. The third kappa shape index (κ3) is 33.6. The fraction of sp³-hybridized carbons (Fsp3) is 0.679. The van der Waals surface area contributed by atoms with Crippen molar-refractivity contribution in [3.63, 3.8) is 0 Å². The molecule has 354 valence electrons. The van der Waals surface area contributed by atoms with Crippen LogP contribution in [0.15, 0.2) is 97.2 Å². The van der Waals surface area contributed by atoms with Crippen LogP contribution < -0.4 is 0 Å². The molecule has 1 heterocycles. The number of aliphatic hydroxyl groups is 4. The van der Waals surface area contributed by atoms with Crippen molar-refractivity contribution in [1.82, 2.24) is 0 Å². The van der Waals surface area contributed by atoms with E-state index in [1.807, 2.05) is 12.2 Å². The highest BCUT2D eigenvalue weighted by Crippen LogP contribution is 2.22. The van der Waals surface area contributed by atoms with Crippen LogP contribution in [0.3, 0.4) is 0 Å². The zero-order valence-corrected chi connectivity index (χ0v) is 38.8. The van der Waals surface area contributed by atoms with Crippen LogP contribution in [0.5, 0.6) is 0 Å². The monoisotopic (exact) mass is 869 g/mol. The molecule has 6 atom stereocenters. The summed E-state index contributed by atoms with van der Waals surface area (Å²) >= 11 is 0. The van der Waals surface area contributed by atoms with Crippen LogP contribution in [0, 0.1) is 0 Å². The lowest BCUT2D eigenvalue weighted by atomic mass is 9.99. The van der Waals surface area contributed by atoms with Crippen LogP contribution >= 0.6 is 0 Å². The Labute approximate surface area is 377 Å². The van der Waals surface area contributed by atoms with Crippen molar-refractivity contribution in [2.24, 2.45) is 0 Å². The average Bonchev–Trinajstić information content (AvgIpc) is 3.27. The van der Waals surface area contributed by atoms with Gasteiger partial charge in [-0.1, -0.05) is 182 Å². The van der Waals surface area contributed by atoms with E-state index in [0.717, 1.165) is 64.2 Å². The minimum absolute atomic E-state index is 0.110. The van der Waals surface area contributed by atoms with Crippen LogP contribution in [0.25, 0.3) is 0 Å². The number of esters is 1. The lowest BCUT2D eigenvalue weighted by molar-refractivity contribution is -0.305. The molecule has 62 heavy (non-hydrogen) atoms. The van der Waals surface area contributed by atoms with E-state index in [9.17, 15) is 25.2 Å². The molecule has 1 aliphatic heterocycles. The van der Waals surface area contributed by atoms with Gasteiger partial charge in [-0.25, -0.2) is 0 Å². The largest absolute Gasteiger partial charge is 0.457 e. The highest BCUT2D eigenvalue weighted by atomic mass is 16.7. The first kappa shape index (κ1) is 57.1. The molecule has 0 amide bonds. The van der Waals surface area contributed by atoms with Gasteiger partial charge in [-0.2, -0.15) is 0 Å². The molecule has 1 fully saturated rings. The minimum atomic E-state index is -1.55. The molecule has 9 heteroatoms. The predicted octanol–water partition coefficient (Wildman–Crippen LogP) is 11.6. The first-order valence-electron chi connectivity index (χ1n) is 24.3. The SMILES string of the molecule is CC/C=C\C/C=C\C/C=C\C/C=C\CCCCCCCCCCCCCCCOCC(COC1OC(CO)C(O)C(O)C1O)OC(=O)CC/C=C\C/C=C\C/C=C\C/C=C\CC. The van der Waals surface area contributed by atoms with E-state index in [1.165, 1.54) is 77.0 Å². The van der Waals surface area contributed by atoms with E-state index in [1.54, 1.807) is 0 Å². The van der Waals surface area contributed by atoms with Crippen molar-refractivity contribution in [3.8, 4) is 0 Å². The molecule has 0 aliphatic carbocycles. The lowest BCUT2D eigenvalue weighted by Crippen LogP contribution is -2.59. The Kier molecular flexibility index (Phi) is 40.0. The van der Waals surface area contributed by atoms with E-state index in [2.05, 4.69) is 98.9 Å². The second-order valence-corrected chi connectivity index (χ2v) is 16.1. The number of carbonyl (C=O) groups is 1. The van der Waals surface area contributed by atoms with Gasteiger partial charge in [0.2, 0.25) is 0 Å². The van der Waals surface area contributed by atoms with E-state index in [-0.39, 0.29) is 19.6 Å². The first-order chi connectivity index (χ1) is 30.4. The number of ether oxygens (including phenoxy) is 4. The lowest BCUT2D eigenvalue weighted by Gasteiger charge is -2.39. The normalized spacial score (nSPS) is 20.6. The van der Waals surface area contributed by atoms with Gasteiger partial charge < -0.3 is 39.4 Å². The molecular formula is C53H88O9. The zero-order valence-electron chi connectivity index (χ0n) is 38.8. The topological polar surface area (TPSA) is 135 Å². The van der Waals surface area contributed by atoms with E-state index in [4.69, 9.17) is 18.9 Å². The minimum Gasteiger partial charge on any atom is -0.457 e. The maximum atomic E-state index is 12.7. The first-order valence-corrected chi connectivity index (χ1v) is 24.3. The van der Waals surface area contributed by atoms with Gasteiger partial charge in [0, 0.05) is 13.0 Å². The van der Waals surface area contributed by atoms with Crippen LogP contribution in [0.2, 0.25) is 0 Å². The van der Waals surface area contributed by atoms with Crippen molar-refractivity contribution in [1.29, 1.82) is 0 Å². The Morgan fingerprint density at radius 3 is 1.40 bits per heavy atom. The standard InChI is InChI=1S/C53H88O9/c1-3-5-7-9-11-13-15-17-18-19-20-21-22-23-24-25-26-27-28-29-31-33-35-37-39-41-43-59-45-47(46-60-53-52(58)51(57)50(56)48(44-54)62-53)61-49(55)42-40-38-36-34-32-30-16-14-12-10-8-6-4-2/h5-8,11-14,17-18,20-21,30,32,36,38,47-48,50-54,56-58H,3-4,9-10,15-16,19,22-29,31,33-35,37,39-46H2,1-2H3/b7-5-,8-6-,13-11-,14-12-,18-17-,21-20-,32-30-,38-36-. The van der Waals surface area contributed by atoms with Gasteiger partial charge in [0.1, 0.15) is 30.5 Å². The Morgan fingerprint density at radius 2 is 0.935 bits per heavy atom. The van der Waals surface area contributed by atoms with Gasteiger partial charge in [0.05, 0.1) is 19.8 Å². The van der Waals surface area contributed by atoms with Crippen LogP contribution in [0.4, 0.5) is 0 Å². The summed E-state index contributed by atoms with van der Waals surface area (Å²) < 4.78 is 22.7. The summed E-state index contributed by atoms with van der Waals surface area (Å²) in [6.45, 7) is 4.22. The van der Waals surface area contributed by atoms with Crippen molar-refractivity contribution in [2.45, 2.75) is 205 Å². The molecule has 4 N–H and O–H groups in total. The molecule has 0 spiro atoms. The molecule has 0 bridgehead atoms. The van der Waals surface area contributed by atoms with Gasteiger partial charge in [0.25, 0.3) is 0 Å². The van der Waals surface area contributed by atoms with Gasteiger partial charge in [-0.15, -0.1) is 0 Å². The second kappa shape index (κ2) is 43.4.